The van der Waals surface area contributed by atoms with Crippen LogP contribution in [0.4, 0.5) is 10.1 Å². The Kier molecular flexibility index (Phi) is 6.04. The van der Waals surface area contributed by atoms with Gasteiger partial charge >= 0.3 is 0 Å². The lowest BCUT2D eigenvalue weighted by molar-refractivity contribution is -0.115. The highest BCUT2D eigenvalue weighted by Crippen LogP contribution is 2.33. The van der Waals surface area contributed by atoms with Crippen molar-refractivity contribution in [1.82, 2.24) is 4.90 Å². The van der Waals surface area contributed by atoms with Crippen LogP contribution in [0.2, 0.25) is 0 Å². The third-order valence-corrected chi connectivity index (χ3v) is 5.76. The van der Waals surface area contributed by atoms with Gasteiger partial charge in [0.1, 0.15) is 15.4 Å². The molecule has 0 saturated carbocycles. The molecule has 1 amide bonds. The predicted molar refractivity (Wildman–Crippen MR) is 105 cm³/mol. The number of thiocarbonyl (C=S) groups is 1. The molecule has 3 nitrogen and oxygen atoms in total. The summed E-state index contributed by atoms with van der Waals surface area (Å²) >= 11 is 6.95. The van der Waals surface area contributed by atoms with Gasteiger partial charge in [-0.15, -0.1) is 0 Å². The number of likely N-dealkylation sites (tertiary alicyclic amines) is 1. The SMILES string of the molecule is O=C(Nc1ccc(F)cc1)[C@H](SC(=S)N1CCCC1)c1ccccc1. The van der Waals surface area contributed by atoms with Crippen LogP contribution in [0, 0.1) is 5.82 Å². The van der Waals surface area contributed by atoms with E-state index in [1.165, 1.54) is 23.9 Å². The number of benzene rings is 2. The molecule has 1 atom stereocenters. The second kappa shape index (κ2) is 8.45. The second-order valence-electron chi connectivity index (χ2n) is 5.86. The topological polar surface area (TPSA) is 32.3 Å². The minimum atomic E-state index is -0.445. The Bertz CT molecular complexity index is 731. The number of nitrogens with one attached hydrogen (secondary N) is 1. The average molecular weight is 375 g/mol. The highest BCUT2D eigenvalue weighted by atomic mass is 32.2. The van der Waals surface area contributed by atoms with Crippen LogP contribution in [0.5, 0.6) is 0 Å². The monoisotopic (exact) mass is 374 g/mol. The maximum absolute atomic E-state index is 13.1. The fourth-order valence-corrected chi connectivity index (χ4v) is 4.18. The molecular formula is C19H19FN2OS2. The molecule has 25 heavy (non-hydrogen) atoms. The fourth-order valence-electron chi connectivity index (χ4n) is 2.72. The summed E-state index contributed by atoms with van der Waals surface area (Å²) < 4.78 is 13.8. The maximum atomic E-state index is 13.1. The van der Waals surface area contributed by atoms with Crippen LogP contribution in [-0.2, 0) is 4.79 Å². The highest BCUT2D eigenvalue weighted by molar-refractivity contribution is 8.23. The van der Waals surface area contributed by atoms with Crippen LogP contribution in [0.25, 0.3) is 0 Å². The van der Waals surface area contributed by atoms with Gasteiger partial charge in [0, 0.05) is 18.8 Å². The van der Waals surface area contributed by atoms with Crippen LogP contribution in [0.3, 0.4) is 0 Å². The zero-order valence-corrected chi connectivity index (χ0v) is 15.3. The summed E-state index contributed by atoms with van der Waals surface area (Å²) in [5, 5.41) is 2.41. The Morgan fingerprint density at radius 2 is 1.72 bits per heavy atom. The van der Waals surface area contributed by atoms with Crippen molar-refractivity contribution < 1.29 is 9.18 Å². The quantitative estimate of drug-likeness (QED) is 0.792. The average Bonchev–Trinajstić information content (AvgIpc) is 3.17. The van der Waals surface area contributed by atoms with Gasteiger partial charge in [-0.3, -0.25) is 4.79 Å². The lowest BCUT2D eigenvalue weighted by atomic mass is 10.1. The standard InChI is InChI=1S/C19H19FN2OS2/c20-15-8-10-16(11-9-15)21-18(23)17(14-6-2-1-3-7-14)25-19(24)22-12-4-5-13-22/h1-3,6-11,17H,4-5,12-13H2,(H,21,23)/t17-/m1/s1. The number of hydrogen-bond acceptors (Lipinski definition) is 3. The van der Waals surface area contributed by atoms with Crippen molar-refractivity contribution in [2.45, 2.75) is 18.1 Å². The van der Waals surface area contributed by atoms with Crippen molar-refractivity contribution >= 4 is 39.9 Å². The molecule has 2 aromatic rings. The molecule has 0 unspecified atom stereocenters. The van der Waals surface area contributed by atoms with Crippen LogP contribution in [-0.4, -0.2) is 28.2 Å². The molecule has 1 saturated heterocycles. The number of nitrogens with zero attached hydrogens (tertiary/aromatic N) is 1. The highest BCUT2D eigenvalue weighted by Gasteiger charge is 2.26. The fraction of sp³-hybridized carbons (Fsp3) is 0.263. The summed E-state index contributed by atoms with van der Waals surface area (Å²) in [4.78, 5) is 15.0. The van der Waals surface area contributed by atoms with Gasteiger partial charge in [0.2, 0.25) is 5.91 Å². The summed E-state index contributed by atoms with van der Waals surface area (Å²) in [7, 11) is 0. The lowest BCUT2D eigenvalue weighted by Crippen LogP contribution is -2.27. The number of carbonyl (C=O) groups is 1. The minimum absolute atomic E-state index is 0.163. The van der Waals surface area contributed by atoms with Crippen LogP contribution < -0.4 is 5.32 Å². The Morgan fingerprint density at radius 3 is 2.36 bits per heavy atom. The first-order chi connectivity index (χ1) is 12.1. The molecule has 6 heteroatoms. The Hall–Kier alpha value is -1.92. The van der Waals surface area contributed by atoms with Gasteiger partial charge in [-0.1, -0.05) is 54.3 Å². The summed E-state index contributed by atoms with van der Waals surface area (Å²) in [5.41, 5.74) is 1.47. The zero-order valence-electron chi connectivity index (χ0n) is 13.7. The number of anilines is 1. The lowest BCUT2D eigenvalue weighted by Gasteiger charge is -2.22. The number of rotatable bonds is 4. The van der Waals surface area contributed by atoms with Crippen LogP contribution >= 0.6 is 24.0 Å². The molecule has 1 aliphatic heterocycles. The summed E-state index contributed by atoms with van der Waals surface area (Å²) in [6.07, 6.45) is 2.27. The van der Waals surface area contributed by atoms with Gasteiger partial charge in [-0.05, 0) is 42.7 Å². The first-order valence-electron chi connectivity index (χ1n) is 8.20. The van der Waals surface area contributed by atoms with Gasteiger partial charge in [0.25, 0.3) is 0 Å². The number of amides is 1. The van der Waals surface area contributed by atoms with Crippen molar-refractivity contribution in [2.24, 2.45) is 0 Å². The maximum Gasteiger partial charge on any atom is 0.242 e. The first-order valence-corrected chi connectivity index (χ1v) is 9.49. The van der Waals surface area contributed by atoms with E-state index >= 15 is 0 Å². The molecule has 0 aromatic heterocycles. The van der Waals surface area contributed by atoms with E-state index in [1.54, 1.807) is 12.1 Å². The summed E-state index contributed by atoms with van der Waals surface area (Å²) in [5.74, 6) is -0.494. The number of thioether (sulfide) groups is 1. The van der Waals surface area contributed by atoms with Gasteiger partial charge in [-0.25, -0.2) is 4.39 Å². The Labute approximate surface area is 156 Å². The zero-order chi connectivity index (χ0) is 17.6. The van der Waals surface area contributed by atoms with Crippen molar-refractivity contribution in [3.05, 3.63) is 66.0 Å². The van der Waals surface area contributed by atoms with E-state index in [9.17, 15) is 9.18 Å². The molecule has 1 aliphatic rings. The smallest absolute Gasteiger partial charge is 0.242 e. The predicted octanol–water partition coefficient (Wildman–Crippen LogP) is 4.62. The van der Waals surface area contributed by atoms with E-state index in [0.717, 1.165) is 35.8 Å². The van der Waals surface area contributed by atoms with Gasteiger partial charge in [0.05, 0.1) is 0 Å². The first kappa shape index (κ1) is 17.9. The minimum Gasteiger partial charge on any atom is -0.357 e. The number of halogens is 1. The van der Waals surface area contributed by atoms with Crippen LogP contribution in [0.1, 0.15) is 23.7 Å². The van der Waals surface area contributed by atoms with E-state index in [2.05, 4.69) is 10.2 Å². The molecule has 1 fully saturated rings. The molecule has 130 valence electrons. The van der Waals surface area contributed by atoms with E-state index < -0.39 is 5.25 Å². The Balaban J connectivity index is 1.76. The van der Waals surface area contributed by atoms with E-state index in [-0.39, 0.29) is 11.7 Å². The summed E-state index contributed by atoms with van der Waals surface area (Å²) in [6, 6.07) is 15.4. The normalized spacial score (nSPS) is 15.0. The molecule has 0 radical (unpaired) electrons. The molecule has 1 heterocycles. The molecule has 0 spiro atoms. The van der Waals surface area contributed by atoms with E-state index in [0.29, 0.717) is 5.69 Å². The molecule has 2 aromatic carbocycles. The number of hydrogen-bond donors (Lipinski definition) is 1. The van der Waals surface area contributed by atoms with E-state index in [1.807, 2.05) is 30.3 Å². The molecule has 0 aliphatic carbocycles. The number of carbonyl (C=O) groups excluding carboxylic acids is 1. The van der Waals surface area contributed by atoms with Crippen molar-refractivity contribution in [3.63, 3.8) is 0 Å². The van der Waals surface area contributed by atoms with Gasteiger partial charge < -0.3 is 10.2 Å². The van der Waals surface area contributed by atoms with E-state index in [4.69, 9.17) is 12.2 Å². The van der Waals surface area contributed by atoms with Crippen molar-refractivity contribution in [1.29, 1.82) is 0 Å². The van der Waals surface area contributed by atoms with Crippen molar-refractivity contribution in [2.75, 3.05) is 18.4 Å². The third-order valence-electron chi connectivity index (χ3n) is 4.04. The molecular weight excluding hydrogens is 355 g/mol. The van der Waals surface area contributed by atoms with Crippen LogP contribution in [0.15, 0.2) is 54.6 Å². The Morgan fingerprint density at radius 1 is 1.08 bits per heavy atom. The second-order valence-corrected chi connectivity index (χ2v) is 7.60. The molecule has 0 bridgehead atoms. The largest absolute Gasteiger partial charge is 0.357 e. The van der Waals surface area contributed by atoms with Gasteiger partial charge in [0.15, 0.2) is 0 Å². The van der Waals surface area contributed by atoms with Crippen molar-refractivity contribution in [3.8, 4) is 0 Å². The summed E-state index contributed by atoms with van der Waals surface area (Å²) in [6.45, 7) is 1.90. The molecule has 3 rings (SSSR count). The third kappa shape index (κ3) is 4.80. The molecule has 1 N–H and O–H groups in total. The van der Waals surface area contributed by atoms with Gasteiger partial charge in [-0.2, -0.15) is 0 Å².